The number of aromatic nitrogens is 3. The molecule has 5 heteroatoms. The molecule has 0 bridgehead atoms. The van der Waals surface area contributed by atoms with Crippen molar-refractivity contribution in [3.63, 3.8) is 0 Å². The van der Waals surface area contributed by atoms with Crippen LogP contribution < -0.4 is 0 Å². The Balaban J connectivity index is 1.57. The number of nitrogens with zero attached hydrogens (tertiary/aromatic N) is 4. The molecule has 3 rings (SSSR count). The zero-order valence-corrected chi connectivity index (χ0v) is 11.8. The highest BCUT2D eigenvalue weighted by atomic mass is 16.5. The van der Waals surface area contributed by atoms with Crippen molar-refractivity contribution in [1.29, 1.82) is 0 Å². The number of ether oxygens (including phenoxy) is 1. The third-order valence-electron chi connectivity index (χ3n) is 3.79. The fourth-order valence-electron chi connectivity index (χ4n) is 2.56. The maximum absolute atomic E-state index is 5.88. The Labute approximate surface area is 119 Å². The quantitative estimate of drug-likeness (QED) is 0.849. The van der Waals surface area contributed by atoms with Gasteiger partial charge in [-0.1, -0.05) is 30.3 Å². The highest BCUT2D eigenvalue weighted by molar-refractivity contribution is 5.18. The van der Waals surface area contributed by atoms with Gasteiger partial charge in [-0.15, -0.1) is 10.2 Å². The molecule has 20 heavy (non-hydrogen) atoms. The van der Waals surface area contributed by atoms with Crippen molar-refractivity contribution in [2.45, 2.75) is 19.6 Å². The minimum atomic E-state index is 0.187. The van der Waals surface area contributed by atoms with E-state index in [2.05, 4.69) is 43.9 Å². The summed E-state index contributed by atoms with van der Waals surface area (Å²) in [7, 11) is 0. The molecule has 0 aliphatic carbocycles. The van der Waals surface area contributed by atoms with Gasteiger partial charge < -0.3 is 9.30 Å². The van der Waals surface area contributed by atoms with Gasteiger partial charge in [-0.2, -0.15) is 0 Å². The van der Waals surface area contributed by atoms with Crippen LogP contribution in [0.2, 0.25) is 0 Å². The molecule has 0 spiro atoms. The standard InChI is InChI=1S/C15H20N4O/c1-13-17-16-12-19(13)8-7-18-9-10-20-15(11-18)14-5-3-2-4-6-14/h2-6,12,15H,7-11H2,1H3/t15-/m0/s1. The number of hydrogen-bond donors (Lipinski definition) is 0. The predicted octanol–water partition coefficient (Wildman–Crippen LogP) is 1.66. The molecule has 2 aromatic rings. The molecule has 1 aromatic carbocycles. The van der Waals surface area contributed by atoms with Gasteiger partial charge in [0.1, 0.15) is 12.2 Å². The lowest BCUT2D eigenvalue weighted by molar-refractivity contribution is -0.0309. The zero-order chi connectivity index (χ0) is 13.8. The van der Waals surface area contributed by atoms with Crippen LogP contribution in [0.3, 0.4) is 0 Å². The van der Waals surface area contributed by atoms with E-state index in [4.69, 9.17) is 4.74 Å². The van der Waals surface area contributed by atoms with E-state index in [9.17, 15) is 0 Å². The number of hydrogen-bond acceptors (Lipinski definition) is 4. The van der Waals surface area contributed by atoms with Gasteiger partial charge in [0.05, 0.1) is 12.7 Å². The van der Waals surface area contributed by atoms with E-state index in [1.807, 2.05) is 13.0 Å². The van der Waals surface area contributed by atoms with Crippen molar-refractivity contribution < 1.29 is 4.74 Å². The van der Waals surface area contributed by atoms with E-state index in [0.29, 0.717) is 0 Å². The van der Waals surface area contributed by atoms with Gasteiger partial charge in [0.15, 0.2) is 0 Å². The average molecular weight is 272 g/mol. The summed E-state index contributed by atoms with van der Waals surface area (Å²) in [5.41, 5.74) is 1.26. The second-order valence-electron chi connectivity index (χ2n) is 5.14. The highest BCUT2D eigenvalue weighted by Crippen LogP contribution is 2.21. The predicted molar refractivity (Wildman–Crippen MR) is 76.3 cm³/mol. The molecular weight excluding hydrogens is 252 g/mol. The van der Waals surface area contributed by atoms with E-state index in [-0.39, 0.29) is 6.10 Å². The van der Waals surface area contributed by atoms with E-state index in [1.165, 1.54) is 5.56 Å². The van der Waals surface area contributed by atoms with Crippen LogP contribution in [0.15, 0.2) is 36.7 Å². The minimum absolute atomic E-state index is 0.187. The van der Waals surface area contributed by atoms with Gasteiger partial charge in [0.2, 0.25) is 0 Å². The van der Waals surface area contributed by atoms with Crippen molar-refractivity contribution in [2.24, 2.45) is 0 Å². The van der Waals surface area contributed by atoms with Crippen molar-refractivity contribution in [1.82, 2.24) is 19.7 Å². The molecule has 1 fully saturated rings. The number of benzene rings is 1. The van der Waals surface area contributed by atoms with Crippen LogP contribution in [0.1, 0.15) is 17.5 Å². The van der Waals surface area contributed by atoms with Crippen LogP contribution >= 0.6 is 0 Å². The van der Waals surface area contributed by atoms with Gasteiger partial charge in [0.25, 0.3) is 0 Å². The first-order valence-corrected chi connectivity index (χ1v) is 7.06. The Hall–Kier alpha value is -1.72. The Kier molecular flexibility index (Phi) is 4.08. The van der Waals surface area contributed by atoms with E-state index >= 15 is 0 Å². The smallest absolute Gasteiger partial charge is 0.129 e. The molecule has 1 aliphatic rings. The second kappa shape index (κ2) is 6.15. The summed E-state index contributed by atoms with van der Waals surface area (Å²) >= 11 is 0. The summed E-state index contributed by atoms with van der Waals surface area (Å²) in [6.45, 7) is 6.65. The third kappa shape index (κ3) is 3.05. The van der Waals surface area contributed by atoms with Crippen LogP contribution in [0.5, 0.6) is 0 Å². The van der Waals surface area contributed by atoms with Crippen LogP contribution in [0.25, 0.3) is 0 Å². The summed E-state index contributed by atoms with van der Waals surface area (Å²) in [6, 6.07) is 10.4. The summed E-state index contributed by atoms with van der Waals surface area (Å²) in [5, 5.41) is 7.93. The van der Waals surface area contributed by atoms with Gasteiger partial charge in [-0.05, 0) is 12.5 Å². The molecule has 1 aromatic heterocycles. The zero-order valence-electron chi connectivity index (χ0n) is 11.8. The van der Waals surface area contributed by atoms with Gasteiger partial charge in [-0.3, -0.25) is 4.90 Å². The van der Waals surface area contributed by atoms with Crippen molar-refractivity contribution >= 4 is 0 Å². The Morgan fingerprint density at radius 2 is 2.10 bits per heavy atom. The van der Waals surface area contributed by atoms with E-state index < -0.39 is 0 Å². The fourth-order valence-corrected chi connectivity index (χ4v) is 2.56. The lowest BCUT2D eigenvalue weighted by Crippen LogP contribution is -2.40. The summed E-state index contributed by atoms with van der Waals surface area (Å²) in [6.07, 6.45) is 1.98. The summed E-state index contributed by atoms with van der Waals surface area (Å²) in [5.74, 6) is 0.970. The first kappa shape index (κ1) is 13.3. The van der Waals surface area contributed by atoms with Gasteiger partial charge in [-0.25, -0.2) is 0 Å². The lowest BCUT2D eigenvalue weighted by Gasteiger charge is -2.33. The lowest BCUT2D eigenvalue weighted by atomic mass is 10.1. The minimum Gasteiger partial charge on any atom is -0.371 e. The summed E-state index contributed by atoms with van der Waals surface area (Å²) in [4.78, 5) is 2.45. The Morgan fingerprint density at radius 3 is 2.85 bits per heavy atom. The SMILES string of the molecule is Cc1nncn1CCN1CCO[C@H](c2ccccc2)C1. The normalized spacial score (nSPS) is 20.1. The van der Waals surface area contributed by atoms with Crippen LogP contribution in [0, 0.1) is 6.92 Å². The number of morpholine rings is 1. The average Bonchev–Trinajstić information content (AvgIpc) is 2.92. The first-order valence-electron chi connectivity index (χ1n) is 7.06. The van der Waals surface area contributed by atoms with Crippen molar-refractivity contribution in [3.05, 3.63) is 48.0 Å². The molecular formula is C15H20N4O. The molecule has 0 amide bonds. The monoisotopic (exact) mass is 272 g/mol. The van der Waals surface area contributed by atoms with Crippen LogP contribution in [0.4, 0.5) is 0 Å². The third-order valence-corrected chi connectivity index (χ3v) is 3.79. The molecule has 5 nitrogen and oxygen atoms in total. The highest BCUT2D eigenvalue weighted by Gasteiger charge is 2.21. The molecule has 1 aliphatic heterocycles. The number of rotatable bonds is 4. The maximum Gasteiger partial charge on any atom is 0.129 e. The fraction of sp³-hybridized carbons (Fsp3) is 0.467. The summed E-state index contributed by atoms with van der Waals surface area (Å²) < 4.78 is 7.97. The molecule has 0 N–H and O–H groups in total. The largest absolute Gasteiger partial charge is 0.371 e. The van der Waals surface area contributed by atoms with E-state index in [0.717, 1.165) is 38.6 Å². The Bertz CT molecular complexity index is 540. The Morgan fingerprint density at radius 1 is 1.25 bits per heavy atom. The second-order valence-corrected chi connectivity index (χ2v) is 5.14. The molecule has 0 saturated carbocycles. The maximum atomic E-state index is 5.88. The van der Waals surface area contributed by atoms with Gasteiger partial charge in [0, 0.05) is 26.2 Å². The molecule has 0 radical (unpaired) electrons. The molecule has 0 unspecified atom stereocenters. The van der Waals surface area contributed by atoms with Crippen LogP contribution in [-0.4, -0.2) is 45.9 Å². The number of aryl methyl sites for hydroxylation is 1. The topological polar surface area (TPSA) is 43.2 Å². The first-order chi connectivity index (χ1) is 9.83. The van der Waals surface area contributed by atoms with Crippen molar-refractivity contribution in [3.8, 4) is 0 Å². The molecule has 1 atom stereocenters. The van der Waals surface area contributed by atoms with Crippen molar-refractivity contribution in [2.75, 3.05) is 26.2 Å². The van der Waals surface area contributed by atoms with Crippen LogP contribution in [-0.2, 0) is 11.3 Å². The van der Waals surface area contributed by atoms with Gasteiger partial charge >= 0.3 is 0 Å². The van der Waals surface area contributed by atoms with E-state index in [1.54, 1.807) is 6.33 Å². The molecule has 2 heterocycles. The molecule has 106 valence electrons. The molecule has 1 saturated heterocycles.